The van der Waals surface area contributed by atoms with Gasteiger partial charge >= 0.3 is 5.97 Å². The molecular formula is C16H16N4O4. The number of hydrogen-bond acceptors (Lipinski definition) is 6. The molecule has 0 radical (unpaired) electrons. The standard InChI is InChI=1S/C12H10N4O2.C4H6O2/c13-9-1-3-10(4-2-9)14-15-11-5-7-12(8-6-11)16(17)18;1-3(2)4(5)6/h1-8H,13H2;1H2,2H3,(H,5,6)/b15-14+;. The van der Waals surface area contributed by atoms with Gasteiger partial charge in [-0.15, -0.1) is 0 Å². The van der Waals surface area contributed by atoms with Crippen molar-refractivity contribution in [2.24, 2.45) is 10.2 Å². The number of nitrogens with zero attached hydrogens (tertiary/aromatic N) is 3. The highest BCUT2D eigenvalue weighted by atomic mass is 16.6. The number of benzene rings is 2. The zero-order valence-corrected chi connectivity index (χ0v) is 12.9. The van der Waals surface area contributed by atoms with Crippen molar-refractivity contribution in [2.45, 2.75) is 6.92 Å². The first-order valence-electron chi connectivity index (χ1n) is 6.70. The number of nitrogens with two attached hydrogens (primary N) is 1. The maximum Gasteiger partial charge on any atom is 0.330 e. The van der Waals surface area contributed by atoms with Gasteiger partial charge in [0.2, 0.25) is 0 Å². The van der Waals surface area contributed by atoms with Crippen LogP contribution in [0.25, 0.3) is 0 Å². The zero-order valence-electron chi connectivity index (χ0n) is 12.9. The number of rotatable bonds is 4. The van der Waals surface area contributed by atoms with E-state index in [2.05, 4.69) is 16.8 Å². The third kappa shape index (κ3) is 6.48. The van der Waals surface area contributed by atoms with E-state index in [4.69, 9.17) is 10.8 Å². The second kappa shape index (κ2) is 8.79. The van der Waals surface area contributed by atoms with Gasteiger partial charge in [-0.3, -0.25) is 10.1 Å². The summed E-state index contributed by atoms with van der Waals surface area (Å²) in [4.78, 5) is 19.6. The molecule has 2 aromatic rings. The number of nitrogen functional groups attached to an aromatic ring is 1. The molecule has 0 aromatic heterocycles. The molecule has 0 aliphatic heterocycles. The molecule has 2 rings (SSSR count). The van der Waals surface area contributed by atoms with Crippen LogP contribution in [0.3, 0.4) is 0 Å². The number of carbonyl (C=O) groups is 1. The van der Waals surface area contributed by atoms with E-state index in [0.717, 1.165) is 0 Å². The topological polar surface area (TPSA) is 131 Å². The third-order valence-electron chi connectivity index (χ3n) is 2.60. The molecule has 0 saturated carbocycles. The molecule has 0 atom stereocenters. The Hall–Kier alpha value is -3.55. The van der Waals surface area contributed by atoms with Gasteiger partial charge in [0.15, 0.2) is 0 Å². The van der Waals surface area contributed by atoms with Crippen LogP contribution < -0.4 is 5.73 Å². The van der Waals surface area contributed by atoms with Crippen LogP contribution in [-0.2, 0) is 4.79 Å². The highest BCUT2D eigenvalue weighted by molar-refractivity contribution is 5.84. The summed E-state index contributed by atoms with van der Waals surface area (Å²) in [6, 6.07) is 12.8. The predicted octanol–water partition coefficient (Wildman–Crippen LogP) is 4.24. The molecule has 2 aromatic carbocycles. The van der Waals surface area contributed by atoms with Crippen molar-refractivity contribution in [2.75, 3.05) is 5.73 Å². The van der Waals surface area contributed by atoms with Crippen molar-refractivity contribution < 1.29 is 14.8 Å². The van der Waals surface area contributed by atoms with E-state index < -0.39 is 10.9 Å². The number of nitro benzene ring substituents is 1. The van der Waals surface area contributed by atoms with E-state index in [9.17, 15) is 14.9 Å². The first-order valence-corrected chi connectivity index (χ1v) is 6.70. The van der Waals surface area contributed by atoms with Crippen LogP contribution in [-0.4, -0.2) is 16.0 Å². The van der Waals surface area contributed by atoms with Gasteiger partial charge in [0, 0.05) is 23.4 Å². The third-order valence-corrected chi connectivity index (χ3v) is 2.60. The molecule has 0 spiro atoms. The number of carboxylic acid groups (broad SMARTS) is 1. The maximum atomic E-state index is 10.5. The summed E-state index contributed by atoms with van der Waals surface area (Å²) in [6.07, 6.45) is 0. The Balaban J connectivity index is 0.000000413. The predicted molar refractivity (Wildman–Crippen MR) is 90.6 cm³/mol. The lowest BCUT2D eigenvalue weighted by Crippen LogP contribution is -1.92. The summed E-state index contributed by atoms with van der Waals surface area (Å²) in [6.45, 7) is 4.60. The van der Waals surface area contributed by atoms with Crippen molar-refractivity contribution >= 4 is 28.7 Å². The average Bonchev–Trinajstić information content (AvgIpc) is 2.55. The quantitative estimate of drug-likeness (QED) is 0.285. The van der Waals surface area contributed by atoms with Gasteiger partial charge in [0.1, 0.15) is 0 Å². The van der Waals surface area contributed by atoms with Crippen LogP contribution >= 0.6 is 0 Å². The lowest BCUT2D eigenvalue weighted by molar-refractivity contribution is -0.384. The fraction of sp³-hybridized carbons (Fsp3) is 0.0625. The van der Waals surface area contributed by atoms with E-state index >= 15 is 0 Å². The maximum absolute atomic E-state index is 10.5. The summed E-state index contributed by atoms with van der Waals surface area (Å²) in [7, 11) is 0. The Morgan fingerprint density at radius 1 is 1.08 bits per heavy atom. The largest absolute Gasteiger partial charge is 0.478 e. The van der Waals surface area contributed by atoms with Crippen molar-refractivity contribution in [3.8, 4) is 0 Å². The molecule has 0 saturated heterocycles. The zero-order chi connectivity index (χ0) is 18.1. The molecule has 0 aliphatic carbocycles. The molecule has 8 heteroatoms. The summed E-state index contributed by atoms with van der Waals surface area (Å²) in [5.41, 5.74) is 7.63. The Morgan fingerprint density at radius 2 is 1.46 bits per heavy atom. The Kier molecular flexibility index (Phi) is 6.77. The fourth-order valence-electron chi connectivity index (χ4n) is 1.30. The minimum atomic E-state index is -0.935. The molecule has 0 unspecified atom stereocenters. The minimum Gasteiger partial charge on any atom is -0.478 e. The monoisotopic (exact) mass is 328 g/mol. The highest BCUT2D eigenvalue weighted by Gasteiger charge is 2.02. The average molecular weight is 328 g/mol. The summed E-state index contributed by atoms with van der Waals surface area (Å²) in [5.74, 6) is -0.935. The minimum absolute atomic E-state index is 0.0291. The molecule has 124 valence electrons. The molecule has 0 aliphatic rings. The summed E-state index contributed by atoms with van der Waals surface area (Å²) >= 11 is 0. The van der Waals surface area contributed by atoms with Crippen LogP contribution in [0, 0.1) is 10.1 Å². The van der Waals surface area contributed by atoms with E-state index in [-0.39, 0.29) is 11.3 Å². The number of non-ortho nitro benzene ring substituents is 1. The van der Waals surface area contributed by atoms with E-state index in [0.29, 0.717) is 17.1 Å². The molecular weight excluding hydrogens is 312 g/mol. The van der Waals surface area contributed by atoms with Crippen molar-refractivity contribution in [1.82, 2.24) is 0 Å². The van der Waals surface area contributed by atoms with Gasteiger partial charge in [-0.25, -0.2) is 4.79 Å². The molecule has 3 N–H and O–H groups in total. The fourth-order valence-corrected chi connectivity index (χ4v) is 1.30. The van der Waals surface area contributed by atoms with Gasteiger partial charge in [-0.05, 0) is 43.3 Å². The van der Waals surface area contributed by atoms with E-state index in [1.54, 1.807) is 36.4 Å². The summed E-state index contributed by atoms with van der Waals surface area (Å²) in [5, 5.41) is 26.3. The molecule has 8 nitrogen and oxygen atoms in total. The second-order valence-electron chi connectivity index (χ2n) is 4.65. The first-order chi connectivity index (χ1) is 11.3. The van der Waals surface area contributed by atoms with Crippen molar-refractivity contribution in [3.05, 3.63) is 70.8 Å². The summed E-state index contributed by atoms with van der Waals surface area (Å²) < 4.78 is 0. The molecule has 0 bridgehead atoms. The first kappa shape index (κ1) is 18.5. The van der Waals surface area contributed by atoms with Crippen molar-refractivity contribution in [3.63, 3.8) is 0 Å². The van der Waals surface area contributed by atoms with Gasteiger partial charge in [0.25, 0.3) is 5.69 Å². The Bertz CT molecular complexity index is 741. The lowest BCUT2D eigenvalue weighted by atomic mass is 10.3. The van der Waals surface area contributed by atoms with Crippen LogP contribution in [0.4, 0.5) is 22.7 Å². The van der Waals surface area contributed by atoms with Gasteiger partial charge < -0.3 is 10.8 Å². The van der Waals surface area contributed by atoms with Crippen LogP contribution in [0.1, 0.15) is 6.92 Å². The van der Waals surface area contributed by atoms with Crippen LogP contribution in [0.15, 0.2) is 70.9 Å². The molecule has 0 fully saturated rings. The normalized spacial score (nSPS) is 9.88. The Morgan fingerprint density at radius 3 is 1.79 bits per heavy atom. The van der Waals surface area contributed by atoms with Crippen molar-refractivity contribution in [1.29, 1.82) is 0 Å². The number of nitro groups is 1. The number of anilines is 1. The smallest absolute Gasteiger partial charge is 0.330 e. The number of azo groups is 1. The van der Waals surface area contributed by atoms with Crippen LogP contribution in [0.2, 0.25) is 0 Å². The van der Waals surface area contributed by atoms with Crippen LogP contribution in [0.5, 0.6) is 0 Å². The number of hydrogen-bond donors (Lipinski definition) is 2. The lowest BCUT2D eigenvalue weighted by Gasteiger charge is -1.94. The van der Waals surface area contributed by atoms with E-state index in [1.165, 1.54) is 19.1 Å². The SMILES string of the molecule is C=C(C)C(=O)O.Nc1ccc(/N=N/c2ccc([N+](=O)[O-])cc2)cc1. The van der Waals surface area contributed by atoms with Gasteiger partial charge in [-0.1, -0.05) is 6.58 Å². The molecule has 24 heavy (non-hydrogen) atoms. The van der Waals surface area contributed by atoms with E-state index in [1.807, 2.05) is 0 Å². The highest BCUT2D eigenvalue weighted by Crippen LogP contribution is 2.21. The Labute approximate surface area is 138 Å². The molecule has 0 heterocycles. The molecule has 0 amide bonds. The second-order valence-corrected chi connectivity index (χ2v) is 4.65. The van der Waals surface area contributed by atoms with Gasteiger partial charge in [-0.2, -0.15) is 10.2 Å². The number of aliphatic carboxylic acids is 1. The van der Waals surface area contributed by atoms with Gasteiger partial charge in [0.05, 0.1) is 16.3 Å². The number of carboxylic acids is 1.